The van der Waals surface area contributed by atoms with E-state index < -0.39 is 0 Å². The monoisotopic (exact) mass is 215 g/mol. The molecule has 82 valence electrons. The van der Waals surface area contributed by atoms with Gasteiger partial charge in [-0.1, -0.05) is 6.92 Å². The number of hydrogen-bond acceptors (Lipinski definition) is 2. The molecule has 1 rings (SSSR count). The molecular formula is C11H21NOS. The van der Waals surface area contributed by atoms with Crippen LogP contribution in [0, 0.1) is 5.92 Å². The van der Waals surface area contributed by atoms with Gasteiger partial charge in [-0.05, 0) is 37.7 Å². The summed E-state index contributed by atoms with van der Waals surface area (Å²) in [6.45, 7) is 7.38. The van der Waals surface area contributed by atoms with E-state index >= 15 is 0 Å². The summed E-state index contributed by atoms with van der Waals surface area (Å²) in [6, 6.07) is 0.372. The molecule has 1 amide bonds. The number of carbonyl (C=O) groups excluding carboxylic acids is 1. The summed E-state index contributed by atoms with van der Waals surface area (Å²) in [6.07, 6.45) is 1.85. The van der Waals surface area contributed by atoms with Crippen molar-refractivity contribution in [3.05, 3.63) is 0 Å². The van der Waals surface area contributed by atoms with Crippen molar-refractivity contribution in [1.82, 2.24) is 4.90 Å². The van der Waals surface area contributed by atoms with Gasteiger partial charge in [0.15, 0.2) is 0 Å². The molecule has 0 aromatic carbocycles. The Morgan fingerprint density at radius 2 is 2.29 bits per heavy atom. The number of nitrogens with zero attached hydrogens (tertiary/aromatic N) is 1. The highest BCUT2D eigenvalue weighted by Gasteiger charge is 2.26. The van der Waals surface area contributed by atoms with Crippen molar-refractivity contribution in [3.8, 4) is 0 Å². The van der Waals surface area contributed by atoms with E-state index in [1.54, 1.807) is 0 Å². The molecule has 1 unspecified atom stereocenters. The largest absolute Gasteiger partial charge is 0.340 e. The molecule has 2 nitrogen and oxygen atoms in total. The summed E-state index contributed by atoms with van der Waals surface area (Å²) in [5.74, 6) is 3.47. The van der Waals surface area contributed by atoms with E-state index in [2.05, 4.69) is 20.8 Å². The summed E-state index contributed by atoms with van der Waals surface area (Å²) < 4.78 is 0. The molecule has 3 heteroatoms. The molecule has 14 heavy (non-hydrogen) atoms. The first-order valence-electron chi connectivity index (χ1n) is 5.52. The Morgan fingerprint density at radius 1 is 1.57 bits per heavy atom. The van der Waals surface area contributed by atoms with Crippen LogP contribution in [0.4, 0.5) is 0 Å². The highest BCUT2D eigenvalue weighted by atomic mass is 32.2. The third-order valence-corrected chi connectivity index (χ3v) is 3.84. The molecule has 0 N–H and O–H groups in total. The zero-order valence-corrected chi connectivity index (χ0v) is 10.3. The summed E-state index contributed by atoms with van der Waals surface area (Å²) in [4.78, 5) is 13.6. The average Bonchev–Trinajstić information content (AvgIpc) is 2.16. The third-order valence-electron chi connectivity index (χ3n) is 2.72. The molecule has 0 aromatic heterocycles. The molecule has 0 radical (unpaired) electrons. The van der Waals surface area contributed by atoms with Gasteiger partial charge in [0.1, 0.15) is 0 Å². The SMILES string of the molecule is CCSCC1CCC(=O)N(C(C)C)C1. The fraction of sp³-hybridized carbons (Fsp3) is 0.909. The van der Waals surface area contributed by atoms with Crippen LogP contribution in [0.3, 0.4) is 0 Å². The minimum Gasteiger partial charge on any atom is -0.340 e. The fourth-order valence-electron chi connectivity index (χ4n) is 1.86. The van der Waals surface area contributed by atoms with Crippen LogP contribution in [0.25, 0.3) is 0 Å². The van der Waals surface area contributed by atoms with Crippen LogP contribution >= 0.6 is 11.8 Å². The molecule has 0 spiro atoms. The van der Waals surface area contributed by atoms with E-state index in [-0.39, 0.29) is 0 Å². The number of rotatable bonds is 4. The number of piperidine rings is 1. The number of amides is 1. The Labute approximate surface area is 91.4 Å². The van der Waals surface area contributed by atoms with E-state index in [1.807, 2.05) is 16.7 Å². The van der Waals surface area contributed by atoms with Crippen molar-refractivity contribution in [2.75, 3.05) is 18.1 Å². The molecule has 1 fully saturated rings. The maximum atomic E-state index is 11.6. The van der Waals surface area contributed by atoms with E-state index in [1.165, 1.54) is 11.5 Å². The van der Waals surface area contributed by atoms with Gasteiger partial charge >= 0.3 is 0 Å². The van der Waals surface area contributed by atoms with Gasteiger partial charge in [-0.25, -0.2) is 0 Å². The van der Waals surface area contributed by atoms with E-state index in [4.69, 9.17) is 0 Å². The van der Waals surface area contributed by atoms with Gasteiger partial charge in [-0.2, -0.15) is 11.8 Å². The van der Waals surface area contributed by atoms with Crippen LogP contribution in [-0.2, 0) is 4.79 Å². The lowest BCUT2D eigenvalue weighted by Gasteiger charge is -2.35. The van der Waals surface area contributed by atoms with Crippen molar-refractivity contribution in [1.29, 1.82) is 0 Å². The highest BCUT2D eigenvalue weighted by Crippen LogP contribution is 2.22. The maximum absolute atomic E-state index is 11.6. The highest BCUT2D eigenvalue weighted by molar-refractivity contribution is 7.99. The molecule has 0 aliphatic carbocycles. The number of thioether (sulfide) groups is 1. The van der Waals surface area contributed by atoms with Crippen molar-refractivity contribution in [3.63, 3.8) is 0 Å². The fourth-order valence-corrected chi connectivity index (χ4v) is 2.70. The molecule has 0 aromatic rings. The van der Waals surface area contributed by atoms with Gasteiger partial charge < -0.3 is 4.90 Å². The number of carbonyl (C=O) groups is 1. The van der Waals surface area contributed by atoms with Crippen LogP contribution in [0.15, 0.2) is 0 Å². The maximum Gasteiger partial charge on any atom is 0.222 e. The summed E-state index contributed by atoms with van der Waals surface area (Å²) in [7, 11) is 0. The Balaban J connectivity index is 2.41. The second-order valence-corrected chi connectivity index (χ2v) is 5.52. The number of hydrogen-bond donors (Lipinski definition) is 0. The minimum absolute atomic E-state index is 0.345. The van der Waals surface area contributed by atoms with Gasteiger partial charge in [0.2, 0.25) is 5.91 Å². The molecule has 1 heterocycles. The lowest BCUT2D eigenvalue weighted by molar-refractivity contribution is -0.136. The lowest BCUT2D eigenvalue weighted by Crippen LogP contribution is -2.44. The molecule has 1 atom stereocenters. The standard InChI is InChI=1S/C11H21NOS/c1-4-14-8-10-5-6-11(13)12(7-10)9(2)3/h9-10H,4-8H2,1-3H3. The van der Waals surface area contributed by atoms with Crippen molar-refractivity contribution in [2.45, 2.75) is 39.7 Å². The van der Waals surface area contributed by atoms with E-state index in [9.17, 15) is 4.79 Å². The summed E-state index contributed by atoms with van der Waals surface area (Å²) in [5.41, 5.74) is 0. The molecule has 1 aliphatic heterocycles. The summed E-state index contributed by atoms with van der Waals surface area (Å²) in [5, 5.41) is 0. The third kappa shape index (κ3) is 3.19. The Kier molecular flexibility index (Phi) is 4.79. The predicted molar refractivity (Wildman–Crippen MR) is 62.6 cm³/mol. The first kappa shape index (κ1) is 11.9. The average molecular weight is 215 g/mol. The van der Waals surface area contributed by atoms with Crippen LogP contribution < -0.4 is 0 Å². The normalized spacial score (nSPS) is 23.3. The van der Waals surface area contributed by atoms with Crippen LogP contribution in [0.5, 0.6) is 0 Å². The van der Waals surface area contributed by atoms with Crippen molar-refractivity contribution in [2.24, 2.45) is 5.92 Å². The molecular weight excluding hydrogens is 194 g/mol. The van der Waals surface area contributed by atoms with E-state index in [0.29, 0.717) is 11.9 Å². The predicted octanol–water partition coefficient (Wildman–Crippen LogP) is 2.39. The minimum atomic E-state index is 0.345. The second-order valence-electron chi connectivity index (χ2n) is 4.20. The van der Waals surface area contributed by atoms with Crippen LogP contribution in [0.1, 0.15) is 33.6 Å². The van der Waals surface area contributed by atoms with Crippen molar-refractivity contribution < 1.29 is 4.79 Å². The Bertz CT molecular complexity index is 194. The quantitative estimate of drug-likeness (QED) is 0.717. The summed E-state index contributed by atoms with van der Waals surface area (Å²) >= 11 is 1.99. The molecule has 0 bridgehead atoms. The van der Waals surface area contributed by atoms with Gasteiger partial charge in [-0.15, -0.1) is 0 Å². The van der Waals surface area contributed by atoms with Crippen molar-refractivity contribution >= 4 is 17.7 Å². The van der Waals surface area contributed by atoms with Gasteiger partial charge in [-0.3, -0.25) is 4.79 Å². The first-order chi connectivity index (χ1) is 6.65. The zero-order valence-electron chi connectivity index (χ0n) is 9.45. The first-order valence-corrected chi connectivity index (χ1v) is 6.67. The Morgan fingerprint density at radius 3 is 2.86 bits per heavy atom. The van der Waals surface area contributed by atoms with Gasteiger partial charge in [0, 0.05) is 19.0 Å². The zero-order chi connectivity index (χ0) is 10.6. The van der Waals surface area contributed by atoms with Gasteiger partial charge in [0.05, 0.1) is 0 Å². The molecule has 1 saturated heterocycles. The smallest absolute Gasteiger partial charge is 0.222 e. The number of likely N-dealkylation sites (tertiary alicyclic amines) is 1. The molecule has 0 saturated carbocycles. The topological polar surface area (TPSA) is 20.3 Å². The van der Waals surface area contributed by atoms with Crippen LogP contribution in [-0.4, -0.2) is 34.9 Å². The van der Waals surface area contributed by atoms with E-state index in [0.717, 1.165) is 25.3 Å². The molecule has 1 aliphatic rings. The second kappa shape index (κ2) is 5.64. The van der Waals surface area contributed by atoms with Gasteiger partial charge in [0.25, 0.3) is 0 Å². The lowest BCUT2D eigenvalue weighted by atomic mass is 9.98. The Hall–Kier alpha value is -0.180. The van der Waals surface area contributed by atoms with Crippen LogP contribution in [0.2, 0.25) is 0 Å².